The first-order valence-electron chi connectivity index (χ1n) is 4.00. The van der Waals surface area contributed by atoms with Gasteiger partial charge in [-0.2, -0.15) is 0 Å². The van der Waals surface area contributed by atoms with Crippen molar-refractivity contribution in [2.24, 2.45) is 11.5 Å². The summed E-state index contributed by atoms with van der Waals surface area (Å²) in [6.07, 6.45) is 3.86. The summed E-state index contributed by atoms with van der Waals surface area (Å²) in [4.78, 5) is 0.425. The van der Waals surface area contributed by atoms with Gasteiger partial charge in [0, 0.05) is 12.1 Å². The summed E-state index contributed by atoms with van der Waals surface area (Å²) >= 11 is 4.83. The summed E-state index contributed by atoms with van der Waals surface area (Å²) < 4.78 is 0. The quantitative estimate of drug-likeness (QED) is 0.710. The van der Waals surface area contributed by atoms with Gasteiger partial charge in [0.05, 0.1) is 0 Å². The van der Waals surface area contributed by atoms with Gasteiger partial charge in [0.2, 0.25) is 0 Å². The molecule has 3 heteroatoms. The third-order valence-corrected chi connectivity index (χ3v) is 1.88. The number of rotatable bonds is 3. The summed E-state index contributed by atoms with van der Waals surface area (Å²) in [7, 11) is 0. The van der Waals surface area contributed by atoms with E-state index in [9.17, 15) is 0 Å². The molecule has 0 aliphatic carbocycles. The summed E-state index contributed by atoms with van der Waals surface area (Å²) in [5.74, 6) is 0. The van der Waals surface area contributed by atoms with Crippen LogP contribution in [0, 0.1) is 0 Å². The van der Waals surface area contributed by atoms with Gasteiger partial charge >= 0.3 is 0 Å². The average Bonchev–Trinajstić information content (AvgIpc) is 2.15. The molecule has 1 aromatic carbocycles. The molecule has 4 N–H and O–H groups in total. The van der Waals surface area contributed by atoms with Crippen molar-refractivity contribution in [2.75, 3.05) is 6.54 Å². The SMILES string of the molecule is NCC=Cc1ccc(C(N)=S)cc1. The van der Waals surface area contributed by atoms with Crippen LogP contribution in [0.1, 0.15) is 11.1 Å². The zero-order valence-electron chi connectivity index (χ0n) is 7.23. The van der Waals surface area contributed by atoms with Crippen molar-refractivity contribution >= 4 is 23.3 Å². The summed E-state index contributed by atoms with van der Waals surface area (Å²) in [6.45, 7) is 0.553. The standard InChI is InChI=1S/C10H12N2S/c11-7-1-2-8-3-5-9(6-4-8)10(12)13/h1-6H,7,11H2,(H2,12,13). The highest BCUT2D eigenvalue weighted by Gasteiger charge is 1.93. The van der Waals surface area contributed by atoms with Crippen LogP contribution in [0.4, 0.5) is 0 Å². The van der Waals surface area contributed by atoms with Crippen LogP contribution in [0.2, 0.25) is 0 Å². The van der Waals surface area contributed by atoms with Gasteiger partial charge in [-0.05, 0) is 5.56 Å². The molecule has 0 saturated carbocycles. The fraction of sp³-hybridized carbons (Fsp3) is 0.100. The Morgan fingerprint density at radius 3 is 2.38 bits per heavy atom. The van der Waals surface area contributed by atoms with Crippen LogP contribution in [0.15, 0.2) is 30.3 Å². The molecule has 0 atom stereocenters. The van der Waals surface area contributed by atoms with Crippen LogP contribution in [-0.2, 0) is 0 Å². The lowest BCUT2D eigenvalue weighted by atomic mass is 10.1. The van der Waals surface area contributed by atoms with Gasteiger partial charge < -0.3 is 11.5 Å². The second-order valence-corrected chi connectivity index (χ2v) is 3.06. The Morgan fingerprint density at radius 1 is 1.31 bits per heavy atom. The fourth-order valence-electron chi connectivity index (χ4n) is 0.963. The number of hydrogen-bond donors (Lipinski definition) is 2. The van der Waals surface area contributed by atoms with Crippen molar-refractivity contribution in [1.29, 1.82) is 0 Å². The van der Waals surface area contributed by atoms with E-state index >= 15 is 0 Å². The van der Waals surface area contributed by atoms with Gasteiger partial charge in [0.15, 0.2) is 0 Å². The Morgan fingerprint density at radius 2 is 1.92 bits per heavy atom. The predicted molar refractivity (Wildman–Crippen MR) is 60.4 cm³/mol. The molecule has 0 aliphatic rings. The molecule has 0 aliphatic heterocycles. The molecule has 0 spiro atoms. The Kier molecular flexibility index (Phi) is 3.61. The van der Waals surface area contributed by atoms with E-state index in [1.165, 1.54) is 0 Å². The molecule has 0 saturated heterocycles. The number of benzene rings is 1. The van der Waals surface area contributed by atoms with E-state index in [4.69, 9.17) is 23.7 Å². The highest BCUT2D eigenvalue weighted by molar-refractivity contribution is 7.80. The minimum atomic E-state index is 0.425. The zero-order chi connectivity index (χ0) is 9.68. The normalized spacial score (nSPS) is 10.5. The Hall–Kier alpha value is -1.19. The molecule has 1 aromatic rings. The minimum absolute atomic E-state index is 0.425. The Balaban J connectivity index is 2.81. The van der Waals surface area contributed by atoms with Gasteiger partial charge in [-0.3, -0.25) is 0 Å². The van der Waals surface area contributed by atoms with Gasteiger partial charge in [-0.15, -0.1) is 0 Å². The summed E-state index contributed by atoms with van der Waals surface area (Å²) in [6, 6.07) is 7.72. The molecular formula is C10H12N2S. The summed E-state index contributed by atoms with van der Waals surface area (Å²) in [5.41, 5.74) is 12.8. The van der Waals surface area contributed by atoms with Crippen LogP contribution >= 0.6 is 12.2 Å². The monoisotopic (exact) mass is 192 g/mol. The molecule has 0 radical (unpaired) electrons. The van der Waals surface area contributed by atoms with Crippen molar-refractivity contribution in [3.63, 3.8) is 0 Å². The highest BCUT2D eigenvalue weighted by atomic mass is 32.1. The van der Waals surface area contributed by atoms with Gasteiger partial charge in [0.1, 0.15) is 4.99 Å². The van der Waals surface area contributed by atoms with Gasteiger partial charge in [0.25, 0.3) is 0 Å². The number of nitrogens with two attached hydrogens (primary N) is 2. The van der Waals surface area contributed by atoms with E-state index in [-0.39, 0.29) is 0 Å². The molecule has 13 heavy (non-hydrogen) atoms. The van der Waals surface area contributed by atoms with Gasteiger partial charge in [-0.25, -0.2) is 0 Å². The third kappa shape index (κ3) is 2.97. The topological polar surface area (TPSA) is 52.0 Å². The van der Waals surface area contributed by atoms with E-state index in [2.05, 4.69) is 0 Å². The average molecular weight is 192 g/mol. The lowest BCUT2D eigenvalue weighted by Gasteiger charge is -1.97. The fourth-order valence-corrected chi connectivity index (χ4v) is 1.10. The third-order valence-electron chi connectivity index (χ3n) is 1.64. The molecule has 1 rings (SSSR count). The van der Waals surface area contributed by atoms with Crippen LogP contribution in [0.25, 0.3) is 6.08 Å². The smallest absolute Gasteiger partial charge is 0.103 e. The lowest BCUT2D eigenvalue weighted by molar-refractivity contribution is 1.26. The Labute approximate surface area is 83.2 Å². The van der Waals surface area contributed by atoms with E-state index in [0.717, 1.165) is 11.1 Å². The van der Waals surface area contributed by atoms with Crippen LogP contribution < -0.4 is 11.5 Å². The first-order chi connectivity index (χ1) is 6.24. The first-order valence-corrected chi connectivity index (χ1v) is 4.41. The number of thiocarbonyl (C=S) groups is 1. The summed E-state index contributed by atoms with van der Waals surface area (Å²) in [5, 5.41) is 0. The van der Waals surface area contributed by atoms with E-state index in [1.807, 2.05) is 36.4 Å². The van der Waals surface area contributed by atoms with Crippen molar-refractivity contribution < 1.29 is 0 Å². The van der Waals surface area contributed by atoms with Crippen molar-refractivity contribution in [3.8, 4) is 0 Å². The van der Waals surface area contributed by atoms with E-state index in [1.54, 1.807) is 0 Å². The number of hydrogen-bond acceptors (Lipinski definition) is 2. The van der Waals surface area contributed by atoms with Crippen molar-refractivity contribution in [2.45, 2.75) is 0 Å². The first kappa shape index (κ1) is 9.89. The molecule has 2 nitrogen and oxygen atoms in total. The second kappa shape index (κ2) is 4.74. The molecule has 68 valence electrons. The maximum Gasteiger partial charge on any atom is 0.103 e. The lowest BCUT2D eigenvalue weighted by Crippen LogP contribution is -2.08. The maximum absolute atomic E-state index is 5.46. The van der Waals surface area contributed by atoms with Crippen LogP contribution in [-0.4, -0.2) is 11.5 Å². The Bertz CT molecular complexity index is 314. The molecule has 0 amide bonds. The second-order valence-electron chi connectivity index (χ2n) is 2.62. The van der Waals surface area contributed by atoms with Crippen molar-refractivity contribution in [1.82, 2.24) is 0 Å². The van der Waals surface area contributed by atoms with Crippen LogP contribution in [0.3, 0.4) is 0 Å². The minimum Gasteiger partial charge on any atom is -0.389 e. The van der Waals surface area contributed by atoms with E-state index in [0.29, 0.717) is 11.5 Å². The van der Waals surface area contributed by atoms with Crippen LogP contribution in [0.5, 0.6) is 0 Å². The largest absolute Gasteiger partial charge is 0.389 e. The zero-order valence-corrected chi connectivity index (χ0v) is 8.05. The molecule has 0 unspecified atom stereocenters. The van der Waals surface area contributed by atoms with Gasteiger partial charge in [-0.1, -0.05) is 48.6 Å². The van der Waals surface area contributed by atoms with E-state index < -0.39 is 0 Å². The molecule has 0 aromatic heterocycles. The predicted octanol–water partition coefficient (Wildman–Crippen LogP) is 1.29. The molecular weight excluding hydrogens is 180 g/mol. The van der Waals surface area contributed by atoms with Crippen molar-refractivity contribution in [3.05, 3.63) is 41.5 Å². The highest BCUT2D eigenvalue weighted by Crippen LogP contribution is 2.05. The molecule has 0 heterocycles. The molecule has 0 bridgehead atoms. The molecule has 0 fully saturated rings. The maximum atomic E-state index is 5.46.